The molecule has 3 amide bonds. The van der Waals surface area contributed by atoms with E-state index in [0.29, 0.717) is 26.2 Å². The van der Waals surface area contributed by atoms with Crippen molar-refractivity contribution >= 4 is 24.3 Å². The van der Waals surface area contributed by atoms with Gasteiger partial charge in [0.25, 0.3) is 0 Å². The van der Waals surface area contributed by atoms with Crippen LogP contribution >= 0.6 is 12.4 Å². The lowest BCUT2D eigenvalue weighted by atomic mass is 10.2. The number of rotatable bonds is 1. The zero-order valence-electron chi connectivity index (χ0n) is 10.5. The molecule has 2 N–H and O–H groups in total. The molecule has 7 heteroatoms. The Bertz CT molecular complexity index is 247. The number of carbonyl (C=O) groups is 2. The first kappa shape index (κ1) is 16.0. The van der Waals surface area contributed by atoms with Crippen LogP contribution in [-0.4, -0.2) is 73.0 Å². The molecule has 0 radical (unpaired) electrons. The van der Waals surface area contributed by atoms with Gasteiger partial charge < -0.3 is 20.4 Å². The van der Waals surface area contributed by atoms with Gasteiger partial charge >= 0.3 is 6.03 Å². The van der Waals surface area contributed by atoms with Gasteiger partial charge in [0, 0.05) is 40.3 Å². The van der Waals surface area contributed by atoms with Gasteiger partial charge in [-0.2, -0.15) is 0 Å². The monoisotopic (exact) mass is 264 g/mol. The third-order valence-electron chi connectivity index (χ3n) is 2.63. The minimum atomic E-state index is -0.462. The topological polar surface area (TPSA) is 69.9 Å². The molecule has 1 heterocycles. The molecule has 1 fully saturated rings. The molecule has 6 nitrogen and oxygen atoms in total. The highest BCUT2D eigenvalue weighted by Crippen LogP contribution is 2.05. The standard InChI is InChI=1S/C10H20N4O2.ClH/c1-8(11)9(15)13-4-6-14(7-5-13)10(16)12(2)3;/h8H,4-7,11H2,1-3H3;1H/t8-;/m1./s1. The van der Waals surface area contributed by atoms with E-state index in [-0.39, 0.29) is 24.3 Å². The number of nitrogens with two attached hydrogens (primary N) is 1. The van der Waals surface area contributed by atoms with Gasteiger partial charge in [0.2, 0.25) is 5.91 Å². The summed E-state index contributed by atoms with van der Waals surface area (Å²) in [6, 6.07) is -0.469. The van der Waals surface area contributed by atoms with E-state index in [4.69, 9.17) is 5.73 Å². The first-order valence-corrected chi connectivity index (χ1v) is 5.44. The molecule has 1 atom stereocenters. The second-order valence-electron chi connectivity index (χ2n) is 4.28. The molecule has 1 aliphatic heterocycles. The predicted molar refractivity (Wildman–Crippen MR) is 68.1 cm³/mol. The van der Waals surface area contributed by atoms with E-state index in [9.17, 15) is 9.59 Å². The zero-order valence-corrected chi connectivity index (χ0v) is 11.4. The summed E-state index contributed by atoms with van der Waals surface area (Å²) in [5.41, 5.74) is 5.53. The molecule has 0 saturated carbocycles. The summed E-state index contributed by atoms with van der Waals surface area (Å²) in [6.07, 6.45) is 0. The van der Waals surface area contributed by atoms with E-state index < -0.39 is 6.04 Å². The Morgan fingerprint density at radius 2 is 1.53 bits per heavy atom. The molecule has 1 saturated heterocycles. The maximum Gasteiger partial charge on any atom is 0.319 e. The molecule has 1 rings (SSSR count). The maximum atomic E-state index is 11.6. The zero-order chi connectivity index (χ0) is 12.3. The molecule has 17 heavy (non-hydrogen) atoms. The minimum absolute atomic E-state index is 0. The van der Waals surface area contributed by atoms with Crippen LogP contribution in [-0.2, 0) is 4.79 Å². The summed E-state index contributed by atoms with van der Waals surface area (Å²) >= 11 is 0. The number of piperazine rings is 1. The van der Waals surface area contributed by atoms with Crippen LogP contribution in [0.1, 0.15) is 6.92 Å². The first-order valence-electron chi connectivity index (χ1n) is 5.44. The number of halogens is 1. The van der Waals surface area contributed by atoms with Gasteiger partial charge in [-0.25, -0.2) is 4.79 Å². The van der Waals surface area contributed by atoms with Gasteiger partial charge in [0.1, 0.15) is 0 Å². The molecule has 0 aromatic heterocycles. The molecule has 1 aliphatic rings. The van der Waals surface area contributed by atoms with E-state index in [0.717, 1.165) is 0 Å². The fourth-order valence-corrected chi connectivity index (χ4v) is 1.69. The Morgan fingerprint density at radius 1 is 1.12 bits per heavy atom. The van der Waals surface area contributed by atoms with Gasteiger partial charge in [-0.05, 0) is 6.92 Å². The molecule has 0 aromatic rings. The number of nitrogens with zero attached hydrogens (tertiary/aromatic N) is 3. The highest BCUT2D eigenvalue weighted by Gasteiger charge is 2.25. The Morgan fingerprint density at radius 3 is 1.88 bits per heavy atom. The van der Waals surface area contributed by atoms with Crippen molar-refractivity contribution in [2.75, 3.05) is 40.3 Å². The van der Waals surface area contributed by atoms with Gasteiger partial charge in [0.05, 0.1) is 6.04 Å². The summed E-state index contributed by atoms with van der Waals surface area (Å²) in [4.78, 5) is 28.2. The van der Waals surface area contributed by atoms with Crippen molar-refractivity contribution in [1.29, 1.82) is 0 Å². The van der Waals surface area contributed by atoms with Crippen LogP contribution in [0.2, 0.25) is 0 Å². The van der Waals surface area contributed by atoms with Gasteiger partial charge in [-0.1, -0.05) is 0 Å². The van der Waals surface area contributed by atoms with Gasteiger partial charge in [0.15, 0.2) is 0 Å². The second-order valence-corrected chi connectivity index (χ2v) is 4.28. The summed E-state index contributed by atoms with van der Waals surface area (Å²) in [6.45, 7) is 3.98. The number of hydrogen-bond acceptors (Lipinski definition) is 3. The van der Waals surface area contributed by atoms with Crippen molar-refractivity contribution in [3.63, 3.8) is 0 Å². The Hall–Kier alpha value is -1.01. The molecule has 0 unspecified atom stereocenters. The van der Waals surface area contributed by atoms with Crippen LogP contribution in [0, 0.1) is 0 Å². The number of amides is 3. The summed E-state index contributed by atoms with van der Waals surface area (Å²) in [7, 11) is 3.45. The fourth-order valence-electron chi connectivity index (χ4n) is 1.69. The smallest absolute Gasteiger partial charge is 0.319 e. The summed E-state index contributed by atoms with van der Waals surface area (Å²) in [5, 5.41) is 0. The maximum absolute atomic E-state index is 11.6. The molecular formula is C10H21ClN4O2. The lowest BCUT2D eigenvalue weighted by Gasteiger charge is -2.36. The van der Waals surface area contributed by atoms with Crippen molar-refractivity contribution < 1.29 is 9.59 Å². The Kier molecular flexibility index (Phi) is 6.26. The number of hydrogen-bond donors (Lipinski definition) is 1. The average Bonchev–Trinajstić information content (AvgIpc) is 2.27. The first-order chi connectivity index (χ1) is 7.43. The Labute approximate surface area is 108 Å². The molecule has 100 valence electrons. The van der Waals surface area contributed by atoms with Crippen LogP contribution in [0.4, 0.5) is 4.79 Å². The summed E-state index contributed by atoms with van der Waals surface area (Å²) < 4.78 is 0. The van der Waals surface area contributed by atoms with E-state index in [1.165, 1.54) is 0 Å². The normalized spacial score (nSPS) is 17.2. The molecule has 0 aromatic carbocycles. The minimum Gasteiger partial charge on any atom is -0.338 e. The fraction of sp³-hybridized carbons (Fsp3) is 0.800. The van der Waals surface area contributed by atoms with Crippen LogP contribution in [0.5, 0.6) is 0 Å². The largest absolute Gasteiger partial charge is 0.338 e. The van der Waals surface area contributed by atoms with E-state index >= 15 is 0 Å². The molecule has 0 aliphatic carbocycles. The highest BCUT2D eigenvalue weighted by molar-refractivity contribution is 5.85. The SMILES string of the molecule is C[C@@H](N)C(=O)N1CCN(C(=O)N(C)C)CC1.Cl. The Balaban J connectivity index is 0.00000256. The van der Waals surface area contributed by atoms with Crippen LogP contribution < -0.4 is 5.73 Å². The highest BCUT2D eigenvalue weighted by atomic mass is 35.5. The molecule has 0 bridgehead atoms. The summed E-state index contributed by atoms with van der Waals surface area (Å²) in [5.74, 6) is -0.0445. The van der Waals surface area contributed by atoms with Crippen LogP contribution in [0.3, 0.4) is 0 Å². The predicted octanol–water partition coefficient (Wildman–Crippen LogP) is -0.419. The van der Waals surface area contributed by atoms with Crippen LogP contribution in [0.25, 0.3) is 0 Å². The van der Waals surface area contributed by atoms with Gasteiger partial charge in [-0.3, -0.25) is 4.79 Å². The van der Waals surface area contributed by atoms with Crippen molar-refractivity contribution in [2.45, 2.75) is 13.0 Å². The van der Waals surface area contributed by atoms with Crippen molar-refractivity contribution in [1.82, 2.24) is 14.7 Å². The average molecular weight is 265 g/mol. The van der Waals surface area contributed by atoms with Gasteiger partial charge in [-0.15, -0.1) is 12.4 Å². The molecular weight excluding hydrogens is 244 g/mol. The third-order valence-corrected chi connectivity index (χ3v) is 2.63. The van der Waals surface area contributed by atoms with E-state index in [2.05, 4.69) is 0 Å². The molecule has 0 spiro atoms. The quantitative estimate of drug-likeness (QED) is 0.699. The van der Waals surface area contributed by atoms with Crippen molar-refractivity contribution in [2.24, 2.45) is 5.73 Å². The lowest BCUT2D eigenvalue weighted by Crippen LogP contribution is -2.55. The van der Waals surface area contributed by atoms with Crippen molar-refractivity contribution in [3.8, 4) is 0 Å². The van der Waals surface area contributed by atoms with E-state index in [1.54, 1.807) is 35.7 Å². The lowest BCUT2D eigenvalue weighted by molar-refractivity contribution is -0.133. The number of carbonyl (C=O) groups excluding carboxylic acids is 2. The number of urea groups is 1. The van der Waals surface area contributed by atoms with Crippen LogP contribution in [0.15, 0.2) is 0 Å². The second kappa shape index (κ2) is 6.66. The van der Waals surface area contributed by atoms with E-state index in [1.807, 2.05) is 0 Å². The van der Waals surface area contributed by atoms with Crippen molar-refractivity contribution in [3.05, 3.63) is 0 Å². The third kappa shape index (κ3) is 4.05.